The highest BCUT2D eigenvalue weighted by molar-refractivity contribution is 7.98. The van der Waals surface area contributed by atoms with Crippen molar-refractivity contribution in [1.29, 1.82) is 0 Å². The molecule has 4 heteroatoms. The highest BCUT2D eigenvalue weighted by Crippen LogP contribution is 2.09. The summed E-state index contributed by atoms with van der Waals surface area (Å²) in [5.74, 6) is 2.23. The third-order valence-electron chi connectivity index (χ3n) is 2.17. The molecule has 1 aromatic heterocycles. The van der Waals surface area contributed by atoms with Gasteiger partial charge in [-0.3, -0.25) is 0 Å². The molecule has 86 valence electrons. The maximum Gasteiger partial charge on any atom is 0.203 e. The van der Waals surface area contributed by atoms with Crippen molar-refractivity contribution in [2.45, 2.75) is 33.2 Å². The molecule has 0 spiro atoms. The van der Waals surface area contributed by atoms with Crippen LogP contribution in [0.25, 0.3) is 0 Å². The van der Waals surface area contributed by atoms with E-state index in [2.05, 4.69) is 34.2 Å². The molecule has 1 heterocycles. The summed E-state index contributed by atoms with van der Waals surface area (Å²) in [6.45, 7) is 6.29. The van der Waals surface area contributed by atoms with E-state index in [1.807, 2.05) is 18.7 Å². The number of imidazole rings is 1. The van der Waals surface area contributed by atoms with E-state index < -0.39 is 0 Å². The van der Waals surface area contributed by atoms with E-state index in [0.29, 0.717) is 0 Å². The fourth-order valence-electron chi connectivity index (χ4n) is 1.52. The number of hydrogen-bond acceptors (Lipinski definition) is 3. The number of hydrogen-bond donors (Lipinski definition) is 1. The van der Waals surface area contributed by atoms with Crippen LogP contribution in [-0.4, -0.2) is 28.1 Å². The molecule has 0 atom stereocenters. The number of thioether (sulfide) groups is 1. The maximum atomic E-state index is 4.47. The Morgan fingerprint density at radius 1 is 1.53 bits per heavy atom. The van der Waals surface area contributed by atoms with Gasteiger partial charge in [0.05, 0.1) is 5.69 Å². The van der Waals surface area contributed by atoms with Gasteiger partial charge in [0, 0.05) is 19.3 Å². The summed E-state index contributed by atoms with van der Waals surface area (Å²) in [6, 6.07) is 0. The van der Waals surface area contributed by atoms with Crippen molar-refractivity contribution < 1.29 is 0 Å². The van der Waals surface area contributed by atoms with Gasteiger partial charge in [0.1, 0.15) is 0 Å². The van der Waals surface area contributed by atoms with Crippen molar-refractivity contribution >= 4 is 17.7 Å². The van der Waals surface area contributed by atoms with Crippen LogP contribution in [0.2, 0.25) is 0 Å². The largest absolute Gasteiger partial charge is 0.356 e. The minimum atomic E-state index is 1.01. The summed E-state index contributed by atoms with van der Waals surface area (Å²) in [4.78, 5) is 4.47. The predicted molar refractivity (Wildman–Crippen MR) is 68.7 cm³/mol. The van der Waals surface area contributed by atoms with Crippen molar-refractivity contribution in [1.82, 2.24) is 9.55 Å². The van der Waals surface area contributed by atoms with Crippen molar-refractivity contribution in [2.24, 2.45) is 0 Å². The van der Waals surface area contributed by atoms with E-state index in [9.17, 15) is 0 Å². The number of rotatable bonds is 7. The second kappa shape index (κ2) is 6.77. The third kappa shape index (κ3) is 4.16. The Kier molecular flexibility index (Phi) is 5.61. The Bertz CT molecular complexity index is 283. The number of aromatic nitrogens is 2. The summed E-state index contributed by atoms with van der Waals surface area (Å²) in [5.41, 5.74) is 1.09. The minimum absolute atomic E-state index is 1.01. The average Bonchev–Trinajstić information content (AvgIpc) is 2.55. The fourth-order valence-corrected chi connectivity index (χ4v) is 1.95. The molecule has 0 aliphatic carbocycles. The summed E-state index contributed by atoms with van der Waals surface area (Å²) in [6.07, 6.45) is 6.59. The van der Waals surface area contributed by atoms with E-state index >= 15 is 0 Å². The first-order valence-electron chi connectivity index (χ1n) is 5.54. The molecule has 1 N–H and O–H groups in total. The zero-order valence-electron chi connectivity index (χ0n) is 9.92. The number of nitrogens with one attached hydrogen (secondary N) is 1. The highest BCUT2D eigenvalue weighted by Gasteiger charge is 2.03. The van der Waals surface area contributed by atoms with Gasteiger partial charge in [-0.15, -0.1) is 0 Å². The lowest BCUT2D eigenvalue weighted by Crippen LogP contribution is -2.09. The molecule has 0 saturated carbocycles. The van der Waals surface area contributed by atoms with Gasteiger partial charge in [-0.25, -0.2) is 4.98 Å². The summed E-state index contributed by atoms with van der Waals surface area (Å²) in [5, 5.41) is 3.39. The molecule has 0 fully saturated rings. The van der Waals surface area contributed by atoms with Crippen molar-refractivity contribution in [3.05, 3.63) is 11.9 Å². The molecule has 0 aliphatic heterocycles. The van der Waals surface area contributed by atoms with Gasteiger partial charge in [0.25, 0.3) is 0 Å². The van der Waals surface area contributed by atoms with Crippen LogP contribution in [0.15, 0.2) is 6.20 Å². The SMILES string of the molecule is CCCn1cc(C)nc1NCCCSC. The Morgan fingerprint density at radius 3 is 3.00 bits per heavy atom. The zero-order chi connectivity index (χ0) is 11.1. The summed E-state index contributed by atoms with van der Waals surface area (Å²) < 4.78 is 2.20. The first kappa shape index (κ1) is 12.4. The normalized spacial score (nSPS) is 10.6. The van der Waals surface area contributed by atoms with Crippen LogP contribution >= 0.6 is 11.8 Å². The zero-order valence-corrected chi connectivity index (χ0v) is 10.7. The van der Waals surface area contributed by atoms with Gasteiger partial charge >= 0.3 is 0 Å². The van der Waals surface area contributed by atoms with Crippen molar-refractivity contribution in [2.75, 3.05) is 23.9 Å². The lowest BCUT2D eigenvalue weighted by molar-refractivity contribution is 0.681. The van der Waals surface area contributed by atoms with E-state index in [1.54, 1.807) is 0 Å². The number of anilines is 1. The van der Waals surface area contributed by atoms with E-state index in [1.165, 1.54) is 12.2 Å². The van der Waals surface area contributed by atoms with Gasteiger partial charge in [-0.1, -0.05) is 6.92 Å². The molecule has 0 aromatic carbocycles. The summed E-state index contributed by atoms with van der Waals surface area (Å²) >= 11 is 1.89. The standard InChI is InChI=1S/C11H21N3S/c1-4-7-14-9-10(2)13-11(14)12-6-5-8-15-3/h9H,4-8H2,1-3H3,(H,12,13). The topological polar surface area (TPSA) is 29.9 Å². The van der Waals surface area contributed by atoms with Crippen molar-refractivity contribution in [3.63, 3.8) is 0 Å². The van der Waals surface area contributed by atoms with E-state index in [0.717, 1.165) is 31.2 Å². The molecular weight excluding hydrogens is 206 g/mol. The molecule has 0 amide bonds. The Labute approximate surface area is 96.7 Å². The molecule has 0 radical (unpaired) electrons. The van der Waals surface area contributed by atoms with Crippen LogP contribution in [0.3, 0.4) is 0 Å². The Balaban J connectivity index is 2.44. The van der Waals surface area contributed by atoms with Crippen molar-refractivity contribution in [3.8, 4) is 0 Å². The van der Waals surface area contributed by atoms with Gasteiger partial charge in [0.15, 0.2) is 0 Å². The number of aryl methyl sites for hydroxylation is 2. The third-order valence-corrected chi connectivity index (χ3v) is 2.87. The molecule has 1 rings (SSSR count). The van der Waals surface area contributed by atoms with Gasteiger partial charge in [-0.2, -0.15) is 11.8 Å². The van der Waals surface area contributed by atoms with Gasteiger partial charge in [0.2, 0.25) is 5.95 Å². The molecule has 1 aromatic rings. The molecular formula is C11H21N3S. The van der Waals surface area contributed by atoms with Gasteiger partial charge in [-0.05, 0) is 31.8 Å². The molecule has 0 saturated heterocycles. The molecule has 0 aliphatic rings. The van der Waals surface area contributed by atoms with E-state index in [-0.39, 0.29) is 0 Å². The summed E-state index contributed by atoms with van der Waals surface area (Å²) in [7, 11) is 0. The second-order valence-electron chi connectivity index (χ2n) is 3.67. The highest BCUT2D eigenvalue weighted by atomic mass is 32.2. The Morgan fingerprint density at radius 2 is 2.33 bits per heavy atom. The van der Waals surface area contributed by atoms with E-state index in [4.69, 9.17) is 0 Å². The quantitative estimate of drug-likeness (QED) is 0.726. The first-order chi connectivity index (χ1) is 7.27. The monoisotopic (exact) mass is 227 g/mol. The number of nitrogens with zero attached hydrogens (tertiary/aromatic N) is 2. The molecule has 0 unspecified atom stereocenters. The maximum absolute atomic E-state index is 4.47. The van der Waals surface area contributed by atoms with Crippen LogP contribution < -0.4 is 5.32 Å². The Hall–Kier alpha value is -0.640. The lowest BCUT2D eigenvalue weighted by Gasteiger charge is -2.07. The van der Waals surface area contributed by atoms with Crippen LogP contribution in [0.4, 0.5) is 5.95 Å². The van der Waals surface area contributed by atoms with Gasteiger partial charge < -0.3 is 9.88 Å². The van der Waals surface area contributed by atoms with Crippen LogP contribution in [0.5, 0.6) is 0 Å². The average molecular weight is 227 g/mol. The smallest absolute Gasteiger partial charge is 0.203 e. The molecule has 15 heavy (non-hydrogen) atoms. The molecule has 0 bridgehead atoms. The second-order valence-corrected chi connectivity index (χ2v) is 4.66. The van der Waals surface area contributed by atoms with Crippen LogP contribution in [-0.2, 0) is 6.54 Å². The van der Waals surface area contributed by atoms with Crippen LogP contribution in [0, 0.1) is 6.92 Å². The van der Waals surface area contributed by atoms with Crippen LogP contribution in [0.1, 0.15) is 25.5 Å². The fraction of sp³-hybridized carbons (Fsp3) is 0.727. The lowest BCUT2D eigenvalue weighted by atomic mass is 10.4. The first-order valence-corrected chi connectivity index (χ1v) is 6.94. The molecule has 3 nitrogen and oxygen atoms in total. The minimum Gasteiger partial charge on any atom is -0.356 e. The predicted octanol–water partition coefficient (Wildman–Crippen LogP) is 2.77.